The maximum absolute atomic E-state index is 2.35. The van der Waals surface area contributed by atoms with E-state index in [4.69, 9.17) is 0 Å². The van der Waals surface area contributed by atoms with Crippen LogP contribution in [0.3, 0.4) is 0 Å². The van der Waals surface area contributed by atoms with Crippen LogP contribution in [0.2, 0.25) is 18.1 Å². The van der Waals surface area contributed by atoms with Gasteiger partial charge < -0.3 is 0 Å². The lowest BCUT2D eigenvalue weighted by Gasteiger charge is -2.15. The van der Waals surface area contributed by atoms with Crippen LogP contribution in [0, 0.1) is 0 Å². The van der Waals surface area contributed by atoms with Crippen LogP contribution in [0.5, 0.6) is 0 Å². The highest BCUT2D eigenvalue weighted by atomic mass is 28.3. The SMILES string of the molecule is CCCCCCCC[SiH](CCCC)CCCCCC. The molecule has 0 nitrogen and oxygen atoms in total. The molecule has 1 heteroatoms. The zero-order valence-corrected chi connectivity index (χ0v) is 15.3. The molecule has 116 valence electrons. The molecular weight excluding hydrogens is 244 g/mol. The van der Waals surface area contributed by atoms with E-state index in [1.54, 1.807) is 31.0 Å². The Hall–Kier alpha value is 0.217. The maximum Gasteiger partial charge on any atom is 0.0367 e. The Morgan fingerprint density at radius 2 is 0.789 bits per heavy atom. The summed E-state index contributed by atoms with van der Waals surface area (Å²) in [7, 11) is -0.353. The largest absolute Gasteiger partial charge is 0.0654 e. The Morgan fingerprint density at radius 3 is 1.32 bits per heavy atom. The Balaban J connectivity index is 3.55. The van der Waals surface area contributed by atoms with Crippen molar-refractivity contribution in [2.24, 2.45) is 0 Å². The molecule has 0 aliphatic carbocycles. The van der Waals surface area contributed by atoms with Crippen molar-refractivity contribution in [2.75, 3.05) is 0 Å². The van der Waals surface area contributed by atoms with E-state index in [-0.39, 0.29) is 8.80 Å². The predicted molar refractivity (Wildman–Crippen MR) is 94.0 cm³/mol. The maximum atomic E-state index is 2.35. The zero-order valence-electron chi connectivity index (χ0n) is 14.2. The highest BCUT2D eigenvalue weighted by Gasteiger charge is 2.09. The van der Waals surface area contributed by atoms with E-state index in [0.717, 1.165) is 0 Å². The molecule has 0 bridgehead atoms. The second-order valence-corrected chi connectivity index (χ2v) is 9.88. The second kappa shape index (κ2) is 16.3. The molecule has 0 spiro atoms. The zero-order chi connectivity index (χ0) is 14.2. The first-order valence-corrected chi connectivity index (χ1v) is 11.8. The quantitative estimate of drug-likeness (QED) is 0.225. The molecule has 0 aliphatic heterocycles. The van der Waals surface area contributed by atoms with Gasteiger partial charge in [0.2, 0.25) is 0 Å². The fourth-order valence-corrected chi connectivity index (χ4v) is 6.58. The van der Waals surface area contributed by atoms with E-state index in [0.29, 0.717) is 0 Å². The average molecular weight is 285 g/mol. The van der Waals surface area contributed by atoms with E-state index in [1.165, 1.54) is 64.2 Å². The Kier molecular flexibility index (Phi) is 16.5. The van der Waals surface area contributed by atoms with E-state index in [1.807, 2.05) is 0 Å². The monoisotopic (exact) mass is 284 g/mol. The molecule has 19 heavy (non-hydrogen) atoms. The van der Waals surface area contributed by atoms with Crippen LogP contribution in [0.25, 0.3) is 0 Å². The lowest BCUT2D eigenvalue weighted by atomic mass is 10.1. The number of unbranched alkanes of at least 4 members (excludes halogenated alkanes) is 9. The number of rotatable bonds is 15. The van der Waals surface area contributed by atoms with Crippen molar-refractivity contribution in [3.8, 4) is 0 Å². The molecule has 0 rings (SSSR count). The minimum absolute atomic E-state index is 0.353. The minimum Gasteiger partial charge on any atom is -0.0654 e. The van der Waals surface area contributed by atoms with Crippen molar-refractivity contribution < 1.29 is 0 Å². The molecule has 1 unspecified atom stereocenters. The highest BCUT2D eigenvalue weighted by Crippen LogP contribution is 2.18. The van der Waals surface area contributed by atoms with Gasteiger partial charge in [0, 0.05) is 8.80 Å². The van der Waals surface area contributed by atoms with Gasteiger partial charge in [-0.25, -0.2) is 0 Å². The minimum atomic E-state index is -0.353. The van der Waals surface area contributed by atoms with Gasteiger partial charge in [-0.15, -0.1) is 0 Å². The van der Waals surface area contributed by atoms with Crippen LogP contribution in [-0.2, 0) is 0 Å². The van der Waals surface area contributed by atoms with Crippen molar-refractivity contribution in [1.29, 1.82) is 0 Å². The molecule has 0 aromatic rings. The Labute approximate surface area is 125 Å². The van der Waals surface area contributed by atoms with Crippen LogP contribution < -0.4 is 0 Å². The van der Waals surface area contributed by atoms with Gasteiger partial charge >= 0.3 is 0 Å². The molecule has 0 saturated carbocycles. The molecule has 0 amide bonds. The fourth-order valence-electron chi connectivity index (χ4n) is 3.00. The molecule has 0 aromatic heterocycles. The van der Waals surface area contributed by atoms with Gasteiger partial charge in [-0.2, -0.15) is 0 Å². The normalized spacial score (nSPS) is 12.8. The summed E-state index contributed by atoms with van der Waals surface area (Å²) in [5.41, 5.74) is 0. The van der Waals surface area contributed by atoms with Crippen LogP contribution in [0.1, 0.15) is 97.8 Å². The predicted octanol–water partition coefficient (Wildman–Crippen LogP) is 6.95. The van der Waals surface area contributed by atoms with Crippen molar-refractivity contribution in [3.63, 3.8) is 0 Å². The summed E-state index contributed by atoms with van der Waals surface area (Å²) < 4.78 is 0. The number of hydrogen-bond acceptors (Lipinski definition) is 0. The second-order valence-electron chi connectivity index (χ2n) is 6.41. The van der Waals surface area contributed by atoms with E-state index < -0.39 is 0 Å². The summed E-state index contributed by atoms with van der Waals surface area (Å²) in [5, 5.41) is 0. The molecule has 0 radical (unpaired) electrons. The molecule has 1 atom stereocenters. The third kappa shape index (κ3) is 14.4. The first-order chi connectivity index (χ1) is 9.35. The lowest BCUT2D eigenvalue weighted by molar-refractivity contribution is 0.621. The third-order valence-electron chi connectivity index (χ3n) is 4.40. The summed E-state index contributed by atoms with van der Waals surface area (Å²) in [5.74, 6) is 0. The average Bonchev–Trinajstić information content (AvgIpc) is 2.43. The van der Waals surface area contributed by atoms with Crippen LogP contribution >= 0.6 is 0 Å². The van der Waals surface area contributed by atoms with Gasteiger partial charge in [0.05, 0.1) is 0 Å². The molecular formula is C18H40Si. The first kappa shape index (κ1) is 19.2. The summed E-state index contributed by atoms with van der Waals surface area (Å²) in [4.78, 5) is 0. The first-order valence-electron chi connectivity index (χ1n) is 9.35. The van der Waals surface area contributed by atoms with Gasteiger partial charge in [-0.05, 0) is 0 Å². The topological polar surface area (TPSA) is 0 Å². The summed E-state index contributed by atoms with van der Waals surface area (Å²) in [6, 6.07) is 4.94. The van der Waals surface area contributed by atoms with Crippen LogP contribution in [-0.4, -0.2) is 8.80 Å². The molecule has 0 fully saturated rings. The third-order valence-corrected chi connectivity index (χ3v) is 8.07. The van der Waals surface area contributed by atoms with Crippen LogP contribution in [0.15, 0.2) is 0 Å². The Morgan fingerprint density at radius 1 is 0.421 bits per heavy atom. The molecule has 0 N–H and O–H groups in total. The standard InChI is InChI=1S/C18H40Si/c1-4-7-10-12-13-15-18-19(16-9-6-3)17-14-11-8-5-2/h19H,4-18H2,1-3H3. The molecule has 0 saturated heterocycles. The van der Waals surface area contributed by atoms with Crippen molar-refractivity contribution in [3.05, 3.63) is 0 Å². The molecule has 0 aromatic carbocycles. The van der Waals surface area contributed by atoms with Gasteiger partial charge in [0.15, 0.2) is 0 Å². The summed E-state index contributed by atoms with van der Waals surface area (Å²) in [6.07, 6.45) is 17.7. The smallest absolute Gasteiger partial charge is 0.0367 e. The number of hydrogen-bond donors (Lipinski definition) is 0. The summed E-state index contributed by atoms with van der Waals surface area (Å²) in [6.45, 7) is 6.99. The van der Waals surface area contributed by atoms with Gasteiger partial charge in [0.25, 0.3) is 0 Å². The summed E-state index contributed by atoms with van der Waals surface area (Å²) >= 11 is 0. The highest BCUT2D eigenvalue weighted by molar-refractivity contribution is 6.58. The van der Waals surface area contributed by atoms with E-state index in [9.17, 15) is 0 Å². The molecule has 0 heterocycles. The van der Waals surface area contributed by atoms with Crippen molar-refractivity contribution in [1.82, 2.24) is 0 Å². The van der Waals surface area contributed by atoms with E-state index in [2.05, 4.69) is 20.8 Å². The Bertz CT molecular complexity index is 156. The van der Waals surface area contributed by atoms with Crippen molar-refractivity contribution in [2.45, 2.75) is 116 Å². The van der Waals surface area contributed by atoms with Gasteiger partial charge in [-0.3, -0.25) is 0 Å². The molecule has 0 aliphatic rings. The fraction of sp³-hybridized carbons (Fsp3) is 1.00. The van der Waals surface area contributed by atoms with Crippen molar-refractivity contribution >= 4 is 8.80 Å². The van der Waals surface area contributed by atoms with Gasteiger partial charge in [-0.1, -0.05) is 116 Å². The van der Waals surface area contributed by atoms with E-state index >= 15 is 0 Å². The lowest BCUT2D eigenvalue weighted by Crippen LogP contribution is -2.11. The van der Waals surface area contributed by atoms with Crippen LogP contribution in [0.4, 0.5) is 0 Å². The van der Waals surface area contributed by atoms with Gasteiger partial charge in [0.1, 0.15) is 0 Å².